The minimum Gasteiger partial charge on any atom is -0.493 e. The predicted octanol–water partition coefficient (Wildman–Crippen LogP) is 3.32. The molecule has 0 aromatic heterocycles. The van der Waals surface area contributed by atoms with Crippen molar-refractivity contribution in [2.75, 3.05) is 33.9 Å². The number of benzene rings is 1. The minimum atomic E-state index is 0.288. The zero-order valence-electron chi connectivity index (χ0n) is 16.9. The van der Waals surface area contributed by atoms with Gasteiger partial charge in [-0.2, -0.15) is 0 Å². The third-order valence-electron chi connectivity index (χ3n) is 6.72. The van der Waals surface area contributed by atoms with Gasteiger partial charge in [0.25, 0.3) is 0 Å². The fraction of sp³-hybridized carbons (Fsp3) is 0.682. The van der Waals surface area contributed by atoms with E-state index in [0.29, 0.717) is 24.0 Å². The van der Waals surface area contributed by atoms with Crippen LogP contribution in [0.1, 0.15) is 44.6 Å². The lowest BCUT2D eigenvalue weighted by atomic mass is 9.90. The van der Waals surface area contributed by atoms with E-state index in [-0.39, 0.29) is 5.92 Å². The van der Waals surface area contributed by atoms with Gasteiger partial charge in [0.15, 0.2) is 11.5 Å². The summed E-state index contributed by atoms with van der Waals surface area (Å²) in [6, 6.07) is 6.75. The van der Waals surface area contributed by atoms with Crippen LogP contribution in [0.2, 0.25) is 0 Å². The van der Waals surface area contributed by atoms with Gasteiger partial charge in [0.2, 0.25) is 5.91 Å². The summed E-state index contributed by atoms with van der Waals surface area (Å²) in [6.45, 7) is 5.71. The molecule has 148 valence electrons. The number of hydrogen-bond acceptors (Lipinski definition) is 4. The number of piperidine rings is 1. The highest BCUT2D eigenvalue weighted by Crippen LogP contribution is 2.60. The molecule has 1 aromatic carbocycles. The summed E-state index contributed by atoms with van der Waals surface area (Å²) >= 11 is 0. The van der Waals surface area contributed by atoms with Gasteiger partial charge in [-0.25, -0.2) is 0 Å². The Morgan fingerprint density at radius 1 is 1.26 bits per heavy atom. The second kappa shape index (κ2) is 7.34. The van der Waals surface area contributed by atoms with Crippen LogP contribution in [0.5, 0.6) is 11.5 Å². The van der Waals surface area contributed by atoms with E-state index in [0.717, 1.165) is 50.4 Å². The van der Waals surface area contributed by atoms with Crippen LogP contribution in [0.15, 0.2) is 18.2 Å². The molecule has 1 saturated heterocycles. The SMILES string of the molecule is CCOc1cc(CN2CCC3(CC2)CC3C(=O)N(C)C2CC2)ccc1OC. The summed E-state index contributed by atoms with van der Waals surface area (Å²) in [4.78, 5) is 17.2. The Bertz CT molecular complexity index is 693. The maximum absolute atomic E-state index is 12.7. The number of hydrogen-bond donors (Lipinski definition) is 0. The molecule has 1 spiro atoms. The largest absolute Gasteiger partial charge is 0.493 e. The molecule has 1 heterocycles. The molecule has 1 aromatic rings. The van der Waals surface area contributed by atoms with Crippen molar-refractivity contribution >= 4 is 5.91 Å². The van der Waals surface area contributed by atoms with Crippen molar-refractivity contribution in [1.82, 2.24) is 9.80 Å². The van der Waals surface area contributed by atoms with Gasteiger partial charge in [-0.15, -0.1) is 0 Å². The van der Waals surface area contributed by atoms with Crippen LogP contribution in [0.25, 0.3) is 0 Å². The van der Waals surface area contributed by atoms with Crippen molar-refractivity contribution in [1.29, 1.82) is 0 Å². The van der Waals surface area contributed by atoms with Gasteiger partial charge in [0.1, 0.15) is 0 Å². The molecule has 1 aliphatic heterocycles. The zero-order chi connectivity index (χ0) is 19.0. The molecule has 5 heteroatoms. The average molecular weight is 373 g/mol. The molecule has 0 radical (unpaired) electrons. The smallest absolute Gasteiger partial charge is 0.226 e. The molecule has 3 aliphatic rings. The summed E-state index contributed by atoms with van der Waals surface area (Å²) in [5, 5.41) is 0. The van der Waals surface area contributed by atoms with Crippen molar-refractivity contribution in [3.8, 4) is 11.5 Å². The molecule has 3 fully saturated rings. The molecule has 1 atom stereocenters. The van der Waals surface area contributed by atoms with Gasteiger partial charge in [-0.3, -0.25) is 9.69 Å². The van der Waals surface area contributed by atoms with E-state index in [4.69, 9.17) is 9.47 Å². The number of carbonyl (C=O) groups is 1. The number of methoxy groups -OCH3 is 1. The highest BCUT2D eigenvalue weighted by molar-refractivity contribution is 5.83. The molecule has 4 rings (SSSR count). The van der Waals surface area contributed by atoms with Gasteiger partial charge in [0, 0.05) is 25.6 Å². The average Bonchev–Trinajstić information content (AvgIpc) is 3.59. The molecule has 1 amide bonds. The van der Waals surface area contributed by atoms with E-state index in [1.165, 1.54) is 18.4 Å². The number of amides is 1. The molecule has 5 nitrogen and oxygen atoms in total. The first-order valence-corrected chi connectivity index (χ1v) is 10.3. The summed E-state index contributed by atoms with van der Waals surface area (Å²) < 4.78 is 11.1. The van der Waals surface area contributed by atoms with E-state index < -0.39 is 0 Å². The van der Waals surface area contributed by atoms with Gasteiger partial charge >= 0.3 is 0 Å². The molecule has 2 aliphatic carbocycles. The second-order valence-corrected chi connectivity index (χ2v) is 8.49. The molecule has 0 bridgehead atoms. The molecule has 2 saturated carbocycles. The van der Waals surface area contributed by atoms with Gasteiger partial charge in [-0.1, -0.05) is 6.07 Å². The lowest BCUT2D eigenvalue weighted by Crippen LogP contribution is -2.37. The first-order chi connectivity index (χ1) is 13.1. The normalized spacial score (nSPS) is 23.9. The summed E-state index contributed by atoms with van der Waals surface area (Å²) in [5.41, 5.74) is 1.56. The Labute approximate surface area is 162 Å². The Morgan fingerprint density at radius 2 is 2.00 bits per heavy atom. The quantitative estimate of drug-likeness (QED) is 0.736. The number of carbonyl (C=O) groups excluding carboxylic acids is 1. The van der Waals surface area contributed by atoms with Crippen LogP contribution in [0.4, 0.5) is 0 Å². The van der Waals surface area contributed by atoms with E-state index in [2.05, 4.69) is 17.0 Å². The number of ether oxygens (including phenoxy) is 2. The number of likely N-dealkylation sites (tertiary alicyclic amines) is 1. The van der Waals surface area contributed by atoms with Crippen LogP contribution >= 0.6 is 0 Å². The maximum atomic E-state index is 12.7. The van der Waals surface area contributed by atoms with Gasteiger partial charge < -0.3 is 14.4 Å². The van der Waals surface area contributed by atoms with Crippen molar-refractivity contribution in [2.24, 2.45) is 11.3 Å². The topological polar surface area (TPSA) is 42.0 Å². The Morgan fingerprint density at radius 3 is 2.63 bits per heavy atom. The van der Waals surface area contributed by atoms with Crippen LogP contribution in [-0.2, 0) is 11.3 Å². The summed E-state index contributed by atoms with van der Waals surface area (Å²) in [7, 11) is 3.68. The number of rotatable bonds is 7. The van der Waals surface area contributed by atoms with Crippen LogP contribution in [-0.4, -0.2) is 55.6 Å². The van der Waals surface area contributed by atoms with Crippen molar-refractivity contribution < 1.29 is 14.3 Å². The molecular weight excluding hydrogens is 340 g/mol. The number of nitrogens with zero attached hydrogens (tertiary/aromatic N) is 2. The lowest BCUT2D eigenvalue weighted by Gasteiger charge is -2.33. The van der Waals surface area contributed by atoms with Crippen LogP contribution in [0.3, 0.4) is 0 Å². The predicted molar refractivity (Wildman–Crippen MR) is 105 cm³/mol. The van der Waals surface area contributed by atoms with Crippen LogP contribution in [0, 0.1) is 11.3 Å². The third kappa shape index (κ3) is 3.79. The van der Waals surface area contributed by atoms with E-state index >= 15 is 0 Å². The highest BCUT2D eigenvalue weighted by Gasteiger charge is 2.59. The van der Waals surface area contributed by atoms with E-state index in [1.807, 2.05) is 24.9 Å². The van der Waals surface area contributed by atoms with E-state index in [1.54, 1.807) is 7.11 Å². The van der Waals surface area contributed by atoms with Crippen molar-refractivity contribution in [2.45, 2.75) is 51.6 Å². The zero-order valence-corrected chi connectivity index (χ0v) is 16.9. The lowest BCUT2D eigenvalue weighted by molar-refractivity contribution is -0.132. The molecular formula is C22H32N2O3. The summed E-state index contributed by atoms with van der Waals surface area (Å²) in [6.07, 6.45) is 5.79. The third-order valence-corrected chi connectivity index (χ3v) is 6.72. The molecule has 1 unspecified atom stereocenters. The fourth-order valence-electron chi connectivity index (χ4n) is 4.64. The monoisotopic (exact) mass is 372 g/mol. The first-order valence-electron chi connectivity index (χ1n) is 10.3. The van der Waals surface area contributed by atoms with Gasteiger partial charge in [0.05, 0.1) is 13.7 Å². The van der Waals surface area contributed by atoms with E-state index in [9.17, 15) is 4.79 Å². The molecule has 27 heavy (non-hydrogen) atoms. The summed E-state index contributed by atoms with van der Waals surface area (Å²) in [5.74, 6) is 2.30. The van der Waals surface area contributed by atoms with Crippen molar-refractivity contribution in [3.05, 3.63) is 23.8 Å². The fourth-order valence-corrected chi connectivity index (χ4v) is 4.64. The van der Waals surface area contributed by atoms with Gasteiger partial charge in [-0.05, 0) is 75.2 Å². The maximum Gasteiger partial charge on any atom is 0.226 e. The Kier molecular flexibility index (Phi) is 5.06. The Hall–Kier alpha value is -1.75. The highest BCUT2D eigenvalue weighted by atomic mass is 16.5. The van der Waals surface area contributed by atoms with Crippen molar-refractivity contribution in [3.63, 3.8) is 0 Å². The van der Waals surface area contributed by atoms with Crippen LogP contribution < -0.4 is 9.47 Å². The Balaban J connectivity index is 1.31. The first kappa shape index (κ1) is 18.6. The second-order valence-electron chi connectivity index (χ2n) is 8.49. The minimum absolute atomic E-state index is 0.288. The molecule has 0 N–H and O–H groups in total. The standard InChI is InChI=1S/C22H32N2O3/c1-4-27-20-13-16(5-8-19(20)26-3)15-24-11-9-22(10-12-24)14-18(22)21(25)23(2)17-6-7-17/h5,8,13,17-18H,4,6-7,9-12,14-15H2,1-3H3.